The Hall–Kier alpha value is -7.87. The van der Waals surface area contributed by atoms with Gasteiger partial charge < -0.3 is 8.98 Å². The number of furan rings is 1. The minimum atomic E-state index is 0.502. The molecule has 0 atom stereocenters. The van der Waals surface area contributed by atoms with E-state index < -0.39 is 0 Å². The fourth-order valence-corrected chi connectivity index (χ4v) is 7.35. The predicted octanol–water partition coefficient (Wildman–Crippen LogP) is 11.3. The Bertz CT molecular complexity index is 3060. The van der Waals surface area contributed by atoms with Gasteiger partial charge in [0.1, 0.15) is 11.2 Å². The molecule has 0 amide bonds. The molecule has 0 aliphatic carbocycles. The van der Waals surface area contributed by atoms with Gasteiger partial charge in [0.25, 0.3) is 0 Å². The third-order valence-corrected chi connectivity index (χ3v) is 9.91. The van der Waals surface area contributed by atoms with Crippen LogP contribution in [-0.4, -0.2) is 19.5 Å². The van der Waals surface area contributed by atoms with Gasteiger partial charge in [0.05, 0.1) is 40.0 Å². The number of fused-ring (bicyclic) bond motifs is 6. The first-order valence-corrected chi connectivity index (χ1v) is 17.5. The summed E-state index contributed by atoms with van der Waals surface area (Å²) >= 11 is 0. The van der Waals surface area contributed by atoms with Crippen LogP contribution in [0.2, 0.25) is 0 Å². The van der Waals surface area contributed by atoms with Crippen molar-refractivity contribution in [3.05, 3.63) is 169 Å². The van der Waals surface area contributed by atoms with Crippen LogP contribution in [0.15, 0.2) is 162 Å². The quantitative estimate of drug-likeness (QED) is 0.178. The van der Waals surface area contributed by atoms with Crippen LogP contribution in [0.25, 0.3) is 94.7 Å². The molecule has 0 radical (unpaired) electrons. The monoisotopic (exact) mass is 690 g/mol. The van der Waals surface area contributed by atoms with Crippen LogP contribution in [0, 0.1) is 22.7 Å². The normalized spacial score (nSPS) is 11.3. The summed E-state index contributed by atoms with van der Waals surface area (Å²) < 4.78 is 8.46. The third kappa shape index (κ3) is 5.08. The number of hydrogen-bond donors (Lipinski definition) is 0. The SMILES string of the molecule is N#Cc1ccc2c(c1)c1cc(C#N)ccc1n2-c1ccc(-c2ccc3c(c2)oc2ccccc23)cc1-c1nc(-c2ccccc2)nc(-c2ccccc2)n1. The van der Waals surface area contributed by atoms with Crippen molar-refractivity contribution < 1.29 is 4.42 Å². The fourth-order valence-electron chi connectivity index (χ4n) is 7.35. The first kappa shape index (κ1) is 30.9. The molecule has 7 aromatic carbocycles. The van der Waals surface area contributed by atoms with Gasteiger partial charge in [-0.1, -0.05) is 91.0 Å². The van der Waals surface area contributed by atoms with Gasteiger partial charge in [0, 0.05) is 38.2 Å². The number of nitrogens with zero attached hydrogens (tertiary/aromatic N) is 6. The first-order valence-electron chi connectivity index (χ1n) is 17.5. The number of para-hydroxylation sites is 1. The van der Waals surface area contributed by atoms with Crippen molar-refractivity contribution in [2.45, 2.75) is 0 Å². The zero-order valence-electron chi connectivity index (χ0n) is 28.6. The number of aromatic nitrogens is 4. The standard InChI is InChI=1S/C47H26N6O/c48-27-29-15-20-40-37(23-29)38-24-30(28-49)16-21-41(38)53(40)42-22-18-33(34-17-19-36-35-13-7-8-14-43(35)54-44(36)26-34)25-39(42)47-51-45(31-9-3-1-4-10-31)50-46(52-47)32-11-5-2-6-12-32/h1-26H. The van der Waals surface area contributed by atoms with E-state index in [1.165, 1.54) is 0 Å². The second-order valence-corrected chi connectivity index (χ2v) is 13.1. The molecule has 0 N–H and O–H groups in total. The van der Waals surface area contributed by atoms with Crippen LogP contribution < -0.4 is 0 Å². The molecule has 0 fully saturated rings. The van der Waals surface area contributed by atoms with Gasteiger partial charge in [-0.3, -0.25) is 0 Å². The van der Waals surface area contributed by atoms with Crippen molar-refractivity contribution >= 4 is 43.7 Å². The molecule has 0 saturated heterocycles. The van der Waals surface area contributed by atoms with Gasteiger partial charge in [-0.25, -0.2) is 15.0 Å². The Kier molecular flexibility index (Phi) is 7.11. The molecule has 54 heavy (non-hydrogen) atoms. The Balaban J connectivity index is 1.28. The fraction of sp³-hybridized carbons (Fsp3) is 0. The molecule has 0 unspecified atom stereocenters. The highest BCUT2D eigenvalue weighted by molar-refractivity contribution is 6.11. The van der Waals surface area contributed by atoms with E-state index in [1.54, 1.807) is 0 Å². The molecule has 10 rings (SSSR count). The van der Waals surface area contributed by atoms with Crippen molar-refractivity contribution in [1.82, 2.24) is 19.5 Å². The van der Waals surface area contributed by atoms with E-state index >= 15 is 0 Å². The number of nitriles is 2. The lowest BCUT2D eigenvalue weighted by molar-refractivity contribution is 0.669. The van der Waals surface area contributed by atoms with Crippen LogP contribution in [0.4, 0.5) is 0 Å². The summed E-state index contributed by atoms with van der Waals surface area (Å²) in [4.78, 5) is 15.3. The lowest BCUT2D eigenvalue weighted by Crippen LogP contribution is -2.04. The maximum Gasteiger partial charge on any atom is 0.166 e. The van der Waals surface area contributed by atoms with Crippen LogP contribution in [0.1, 0.15) is 11.1 Å². The molecular weight excluding hydrogens is 665 g/mol. The second-order valence-electron chi connectivity index (χ2n) is 13.1. The van der Waals surface area contributed by atoms with Gasteiger partial charge >= 0.3 is 0 Å². The molecule has 3 aromatic heterocycles. The smallest absolute Gasteiger partial charge is 0.166 e. The highest BCUT2D eigenvalue weighted by Gasteiger charge is 2.21. The summed E-state index contributed by atoms with van der Waals surface area (Å²) in [5, 5.41) is 23.5. The molecule has 0 bridgehead atoms. The third-order valence-electron chi connectivity index (χ3n) is 9.91. The van der Waals surface area contributed by atoms with Crippen molar-refractivity contribution in [2.24, 2.45) is 0 Å². The van der Waals surface area contributed by atoms with Gasteiger partial charge in [0.2, 0.25) is 0 Å². The van der Waals surface area contributed by atoms with E-state index in [4.69, 9.17) is 19.4 Å². The molecule has 0 aliphatic rings. The van der Waals surface area contributed by atoms with Crippen LogP contribution in [-0.2, 0) is 0 Å². The summed E-state index contributed by atoms with van der Waals surface area (Å²) in [6.07, 6.45) is 0. The van der Waals surface area contributed by atoms with E-state index in [2.05, 4.69) is 59.2 Å². The lowest BCUT2D eigenvalue weighted by atomic mass is 9.99. The predicted molar refractivity (Wildman–Crippen MR) is 213 cm³/mol. The van der Waals surface area contributed by atoms with Crippen LogP contribution in [0.3, 0.4) is 0 Å². The summed E-state index contributed by atoms with van der Waals surface area (Å²) in [6, 6.07) is 56.5. The van der Waals surface area contributed by atoms with Crippen molar-refractivity contribution in [1.29, 1.82) is 10.5 Å². The molecule has 0 aliphatic heterocycles. The Morgan fingerprint density at radius 2 is 0.963 bits per heavy atom. The van der Waals surface area contributed by atoms with Crippen LogP contribution in [0.5, 0.6) is 0 Å². The summed E-state index contributed by atoms with van der Waals surface area (Å²) in [5.41, 5.74) is 9.80. The Labute approximate surface area is 309 Å². The summed E-state index contributed by atoms with van der Waals surface area (Å²) in [5.74, 6) is 1.61. The first-order chi connectivity index (χ1) is 26.6. The molecule has 0 spiro atoms. The second kappa shape index (κ2) is 12.4. The molecule has 10 aromatic rings. The van der Waals surface area contributed by atoms with Crippen molar-refractivity contribution in [3.8, 4) is 63.1 Å². The minimum Gasteiger partial charge on any atom is -0.456 e. The maximum atomic E-state index is 9.83. The maximum absolute atomic E-state index is 9.83. The minimum absolute atomic E-state index is 0.502. The topological polar surface area (TPSA) is 104 Å². The number of rotatable bonds is 5. The molecule has 250 valence electrons. The summed E-state index contributed by atoms with van der Waals surface area (Å²) in [7, 11) is 0. The van der Waals surface area contributed by atoms with Gasteiger partial charge in [-0.05, 0) is 77.9 Å². The zero-order valence-corrected chi connectivity index (χ0v) is 28.6. The van der Waals surface area contributed by atoms with Gasteiger partial charge in [-0.15, -0.1) is 0 Å². The molecule has 3 heterocycles. The largest absolute Gasteiger partial charge is 0.456 e. The summed E-state index contributed by atoms with van der Waals surface area (Å²) in [6.45, 7) is 0. The van der Waals surface area contributed by atoms with E-state index in [0.29, 0.717) is 28.6 Å². The Morgan fingerprint density at radius 3 is 1.59 bits per heavy atom. The van der Waals surface area contributed by atoms with Crippen molar-refractivity contribution in [2.75, 3.05) is 0 Å². The van der Waals surface area contributed by atoms with Crippen molar-refractivity contribution in [3.63, 3.8) is 0 Å². The lowest BCUT2D eigenvalue weighted by Gasteiger charge is -2.16. The van der Waals surface area contributed by atoms with E-state index in [1.807, 2.05) is 115 Å². The molecule has 0 saturated carbocycles. The van der Waals surface area contributed by atoms with Gasteiger partial charge in [0.15, 0.2) is 17.5 Å². The molecule has 7 nitrogen and oxygen atoms in total. The van der Waals surface area contributed by atoms with E-state index in [-0.39, 0.29) is 0 Å². The molecular formula is C47H26N6O. The van der Waals surface area contributed by atoms with Gasteiger partial charge in [-0.2, -0.15) is 10.5 Å². The highest BCUT2D eigenvalue weighted by atomic mass is 16.3. The van der Waals surface area contributed by atoms with E-state index in [9.17, 15) is 10.5 Å². The molecule has 7 heteroatoms. The Morgan fingerprint density at radius 1 is 0.426 bits per heavy atom. The van der Waals surface area contributed by atoms with Crippen LogP contribution >= 0.6 is 0 Å². The highest BCUT2D eigenvalue weighted by Crippen LogP contribution is 2.40. The average Bonchev–Trinajstić information content (AvgIpc) is 3.78. The van der Waals surface area contributed by atoms with E-state index in [0.717, 1.165) is 77.2 Å². The number of hydrogen-bond acceptors (Lipinski definition) is 6. The number of benzene rings is 7. The average molecular weight is 691 g/mol. The zero-order chi connectivity index (χ0) is 36.2.